The Bertz CT molecular complexity index is 123. The molecule has 1 fully saturated rings. The van der Waals surface area contributed by atoms with Crippen LogP contribution >= 0.6 is 0 Å². The molecule has 1 nitrogen and oxygen atoms in total. The van der Waals surface area contributed by atoms with Crippen LogP contribution in [0.15, 0.2) is 12.7 Å². The Morgan fingerprint density at radius 1 is 1.64 bits per heavy atom. The minimum atomic E-state index is 0.427. The third-order valence-electron chi connectivity index (χ3n) is 2.60. The van der Waals surface area contributed by atoms with Gasteiger partial charge in [-0.3, -0.25) is 0 Å². The molecule has 0 radical (unpaired) electrons. The standard InChI is InChI=1S/C10H19N/c1-3-6-10(7-4-2)8-5-9-11-10/h3,11H,1,4-9H2,2H3. The molecule has 1 heterocycles. The molecule has 0 spiro atoms. The molecule has 1 heteroatoms. The lowest BCUT2D eigenvalue weighted by molar-refractivity contribution is 0.348. The Morgan fingerprint density at radius 2 is 2.45 bits per heavy atom. The summed E-state index contributed by atoms with van der Waals surface area (Å²) in [5.74, 6) is 0. The highest BCUT2D eigenvalue weighted by atomic mass is 15.0. The van der Waals surface area contributed by atoms with E-state index in [1.165, 1.54) is 32.2 Å². The van der Waals surface area contributed by atoms with Crippen molar-refractivity contribution >= 4 is 0 Å². The summed E-state index contributed by atoms with van der Waals surface area (Å²) in [5.41, 5.74) is 0.427. The molecule has 0 bridgehead atoms. The van der Waals surface area contributed by atoms with Crippen LogP contribution in [0.2, 0.25) is 0 Å². The molecule has 0 saturated carbocycles. The normalized spacial score (nSPS) is 30.6. The molecule has 1 atom stereocenters. The molecule has 0 aromatic rings. The van der Waals surface area contributed by atoms with Crippen molar-refractivity contribution in [1.29, 1.82) is 0 Å². The van der Waals surface area contributed by atoms with Gasteiger partial charge in [-0.2, -0.15) is 0 Å². The molecule has 0 amide bonds. The zero-order valence-electron chi connectivity index (χ0n) is 7.53. The third kappa shape index (κ3) is 2.06. The van der Waals surface area contributed by atoms with Gasteiger partial charge in [0.15, 0.2) is 0 Å². The minimum Gasteiger partial charge on any atom is -0.311 e. The first kappa shape index (κ1) is 8.79. The molecule has 1 N–H and O–H groups in total. The SMILES string of the molecule is C=CCC1(CCC)CCCN1. The average molecular weight is 153 g/mol. The van der Waals surface area contributed by atoms with Gasteiger partial charge in [-0.05, 0) is 32.2 Å². The van der Waals surface area contributed by atoms with Gasteiger partial charge in [0.25, 0.3) is 0 Å². The maximum Gasteiger partial charge on any atom is 0.0216 e. The number of hydrogen-bond donors (Lipinski definition) is 1. The van der Waals surface area contributed by atoms with Gasteiger partial charge >= 0.3 is 0 Å². The summed E-state index contributed by atoms with van der Waals surface area (Å²) in [7, 11) is 0. The van der Waals surface area contributed by atoms with Crippen molar-refractivity contribution in [2.75, 3.05) is 6.54 Å². The fourth-order valence-corrected chi connectivity index (χ4v) is 2.11. The van der Waals surface area contributed by atoms with Gasteiger partial charge in [0.1, 0.15) is 0 Å². The van der Waals surface area contributed by atoms with Gasteiger partial charge in [0, 0.05) is 5.54 Å². The number of nitrogens with one attached hydrogen (secondary N) is 1. The molecule has 1 rings (SSSR count). The van der Waals surface area contributed by atoms with E-state index in [9.17, 15) is 0 Å². The average Bonchev–Trinajstić information content (AvgIpc) is 2.39. The van der Waals surface area contributed by atoms with E-state index in [0.29, 0.717) is 5.54 Å². The van der Waals surface area contributed by atoms with E-state index in [1.807, 2.05) is 6.08 Å². The summed E-state index contributed by atoms with van der Waals surface area (Å²) >= 11 is 0. The van der Waals surface area contributed by atoms with Crippen LogP contribution in [0.5, 0.6) is 0 Å². The van der Waals surface area contributed by atoms with E-state index in [0.717, 1.165) is 6.42 Å². The molecule has 1 saturated heterocycles. The van der Waals surface area contributed by atoms with Crippen LogP contribution in [0, 0.1) is 0 Å². The monoisotopic (exact) mass is 153 g/mol. The quantitative estimate of drug-likeness (QED) is 0.612. The summed E-state index contributed by atoms with van der Waals surface area (Å²) in [6.45, 7) is 7.27. The summed E-state index contributed by atoms with van der Waals surface area (Å²) in [4.78, 5) is 0. The second-order valence-corrected chi connectivity index (χ2v) is 3.55. The van der Waals surface area contributed by atoms with Crippen LogP contribution in [-0.4, -0.2) is 12.1 Å². The van der Waals surface area contributed by atoms with Crippen molar-refractivity contribution in [3.63, 3.8) is 0 Å². The molecule has 64 valence electrons. The predicted molar refractivity (Wildman–Crippen MR) is 49.7 cm³/mol. The van der Waals surface area contributed by atoms with Crippen LogP contribution < -0.4 is 5.32 Å². The van der Waals surface area contributed by atoms with E-state index in [-0.39, 0.29) is 0 Å². The molecule has 11 heavy (non-hydrogen) atoms. The smallest absolute Gasteiger partial charge is 0.0216 e. The Morgan fingerprint density at radius 3 is 2.91 bits per heavy atom. The summed E-state index contributed by atoms with van der Waals surface area (Å²) in [6, 6.07) is 0. The zero-order chi connectivity index (χ0) is 8.16. The maximum atomic E-state index is 3.81. The van der Waals surface area contributed by atoms with Gasteiger partial charge in [0.05, 0.1) is 0 Å². The highest BCUT2D eigenvalue weighted by Gasteiger charge is 2.30. The fourth-order valence-electron chi connectivity index (χ4n) is 2.11. The highest BCUT2D eigenvalue weighted by molar-refractivity contribution is 4.97. The molecule has 0 aliphatic carbocycles. The van der Waals surface area contributed by atoms with E-state index in [2.05, 4.69) is 18.8 Å². The van der Waals surface area contributed by atoms with Crippen molar-refractivity contribution < 1.29 is 0 Å². The van der Waals surface area contributed by atoms with Crippen molar-refractivity contribution in [1.82, 2.24) is 5.32 Å². The lowest BCUT2D eigenvalue weighted by Gasteiger charge is -2.27. The van der Waals surface area contributed by atoms with E-state index < -0.39 is 0 Å². The van der Waals surface area contributed by atoms with Crippen molar-refractivity contribution in [2.24, 2.45) is 0 Å². The molecular formula is C10H19N. The molecule has 0 aromatic carbocycles. The van der Waals surface area contributed by atoms with Crippen LogP contribution in [0.1, 0.15) is 39.0 Å². The minimum absolute atomic E-state index is 0.427. The second-order valence-electron chi connectivity index (χ2n) is 3.55. The van der Waals surface area contributed by atoms with E-state index >= 15 is 0 Å². The van der Waals surface area contributed by atoms with Crippen LogP contribution in [-0.2, 0) is 0 Å². The zero-order valence-corrected chi connectivity index (χ0v) is 7.53. The van der Waals surface area contributed by atoms with Gasteiger partial charge in [-0.1, -0.05) is 19.4 Å². The number of hydrogen-bond acceptors (Lipinski definition) is 1. The topological polar surface area (TPSA) is 12.0 Å². The summed E-state index contributed by atoms with van der Waals surface area (Å²) in [5, 5.41) is 3.60. The predicted octanol–water partition coefficient (Wildman–Crippen LogP) is 2.48. The van der Waals surface area contributed by atoms with E-state index in [1.54, 1.807) is 0 Å². The number of rotatable bonds is 4. The second kappa shape index (κ2) is 3.91. The first-order chi connectivity index (χ1) is 5.33. The van der Waals surface area contributed by atoms with Crippen LogP contribution in [0.4, 0.5) is 0 Å². The van der Waals surface area contributed by atoms with Crippen LogP contribution in [0.3, 0.4) is 0 Å². The Hall–Kier alpha value is -0.300. The first-order valence-electron chi connectivity index (χ1n) is 4.69. The summed E-state index contributed by atoms with van der Waals surface area (Å²) in [6.07, 6.45) is 8.45. The van der Waals surface area contributed by atoms with Gasteiger partial charge in [0.2, 0.25) is 0 Å². The Kier molecular flexibility index (Phi) is 3.13. The Labute approximate surface area is 69.9 Å². The third-order valence-corrected chi connectivity index (χ3v) is 2.60. The lowest BCUT2D eigenvalue weighted by Crippen LogP contribution is -2.38. The molecular weight excluding hydrogens is 134 g/mol. The molecule has 1 aliphatic heterocycles. The largest absolute Gasteiger partial charge is 0.311 e. The van der Waals surface area contributed by atoms with E-state index in [4.69, 9.17) is 0 Å². The highest BCUT2D eigenvalue weighted by Crippen LogP contribution is 2.28. The molecule has 0 aromatic heterocycles. The summed E-state index contributed by atoms with van der Waals surface area (Å²) < 4.78 is 0. The molecule has 1 unspecified atom stereocenters. The van der Waals surface area contributed by atoms with Gasteiger partial charge < -0.3 is 5.32 Å². The van der Waals surface area contributed by atoms with Crippen LogP contribution in [0.25, 0.3) is 0 Å². The van der Waals surface area contributed by atoms with Crippen molar-refractivity contribution in [3.05, 3.63) is 12.7 Å². The maximum absolute atomic E-state index is 3.81. The first-order valence-corrected chi connectivity index (χ1v) is 4.69. The Balaban J connectivity index is 2.46. The lowest BCUT2D eigenvalue weighted by atomic mass is 9.88. The molecule has 1 aliphatic rings. The van der Waals surface area contributed by atoms with Gasteiger partial charge in [-0.15, -0.1) is 6.58 Å². The van der Waals surface area contributed by atoms with Crippen molar-refractivity contribution in [3.8, 4) is 0 Å². The van der Waals surface area contributed by atoms with Gasteiger partial charge in [-0.25, -0.2) is 0 Å². The van der Waals surface area contributed by atoms with Crippen molar-refractivity contribution in [2.45, 2.75) is 44.6 Å². The fraction of sp³-hybridized carbons (Fsp3) is 0.800.